The number of rotatable bonds is 9. The molecule has 1 heterocycles. The molecule has 0 unspecified atom stereocenters. The summed E-state index contributed by atoms with van der Waals surface area (Å²) in [4.78, 5) is 27.4. The average Bonchev–Trinajstić information content (AvgIpc) is 2.80. The average molecular weight is 489 g/mol. The maximum absolute atomic E-state index is 13.2. The molecule has 0 saturated carbocycles. The fraction of sp³-hybridized carbons (Fsp3) is 0.417. The maximum Gasteiger partial charge on any atom is 0.242 e. The van der Waals surface area contributed by atoms with Crippen molar-refractivity contribution in [3.8, 4) is 11.5 Å². The predicted octanol–water partition coefficient (Wildman–Crippen LogP) is 4.10. The Morgan fingerprint density at radius 2 is 1.74 bits per heavy atom. The highest BCUT2D eigenvalue weighted by atomic mass is 79.9. The molecule has 0 radical (unpaired) electrons. The Balaban J connectivity index is 1.69. The van der Waals surface area contributed by atoms with Crippen LogP contribution in [0.5, 0.6) is 11.5 Å². The molecule has 2 amide bonds. The summed E-state index contributed by atoms with van der Waals surface area (Å²) in [5.41, 5.74) is 1.98. The number of benzene rings is 2. The Kier molecular flexibility index (Phi) is 8.35. The van der Waals surface area contributed by atoms with Crippen molar-refractivity contribution < 1.29 is 19.1 Å². The second kappa shape index (κ2) is 11.2. The predicted molar refractivity (Wildman–Crippen MR) is 123 cm³/mol. The van der Waals surface area contributed by atoms with Gasteiger partial charge in [0.05, 0.1) is 0 Å². The van der Waals surface area contributed by atoms with Crippen molar-refractivity contribution in [2.45, 2.75) is 45.7 Å². The van der Waals surface area contributed by atoms with Gasteiger partial charge < -0.3 is 19.7 Å². The van der Waals surface area contributed by atoms with Crippen LogP contribution in [0, 0.1) is 0 Å². The molecule has 31 heavy (non-hydrogen) atoms. The molecule has 166 valence electrons. The number of nitrogens with one attached hydrogen (secondary N) is 1. The van der Waals surface area contributed by atoms with Gasteiger partial charge in [0.1, 0.15) is 19.3 Å². The number of ether oxygens (including phenoxy) is 2. The van der Waals surface area contributed by atoms with E-state index in [2.05, 4.69) is 21.2 Å². The van der Waals surface area contributed by atoms with E-state index < -0.39 is 6.04 Å². The lowest BCUT2D eigenvalue weighted by Crippen LogP contribution is -2.47. The van der Waals surface area contributed by atoms with Gasteiger partial charge in [-0.25, -0.2) is 0 Å². The van der Waals surface area contributed by atoms with Crippen LogP contribution in [0.15, 0.2) is 46.9 Å². The van der Waals surface area contributed by atoms with Crippen LogP contribution in [0.2, 0.25) is 0 Å². The number of hydrogen-bond donors (Lipinski definition) is 1. The van der Waals surface area contributed by atoms with Gasteiger partial charge in [-0.2, -0.15) is 0 Å². The van der Waals surface area contributed by atoms with Gasteiger partial charge in [-0.3, -0.25) is 9.59 Å². The minimum absolute atomic E-state index is 0.0584. The Bertz CT molecular complexity index is 901. The molecule has 1 aliphatic rings. The van der Waals surface area contributed by atoms with Crippen molar-refractivity contribution in [2.24, 2.45) is 0 Å². The van der Waals surface area contributed by atoms with Gasteiger partial charge in [-0.15, -0.1) is 0 Å². The number of aryl methyl sites for hydroxylation is 1. The molecule has 0 aliphatic carbocycles. The van der Waals surface area contributed by atoms with Crippen molar-refractivity contribution >= 4 is 27.7 Å². The summed E-state index contributed by atoms with van der Waals surface area (Å²) >= 11 is 3.43. The standard InChI is InChI=1S/C24H29BrN2O4/c1-3-12-26-24(29)17(2)27(16-19-4-8-20(25)9-5-19)23(28)11-7-18-6-10-21-22(15-18)31-14-13-30-21/h4-6,8-10,15,17H,3,7,11-14,16H2,1-2H3,(H,26,29)/t17-/m0/s1. The third-order valence-electron chi connectivity index (χ3n) is 5.22. The van der Waals surface area contributed by atoms with E-state index in [-0.39, 0.29) is 11.8 Å². The lowest BCUT2D eigenvalue weighted by Gasteiger charge is -2.29. The molecule has 1 atom stereocenters. The van der Waals surface area contributed by atoms with Crippen molar-refractivity contribution in [3.05, 3.63) is 58.1 Å². The minimum atomic E-state index is -0.553. The smallest absolute Gasteiger partial charge is 0.242 e. The van der Waals surface area contributed by atoms with Gasteiger partial charge in [0.25, 0.3) is 0 Å². The second-order valence-corrected chi connectivity index (χ2v) is 8.51. The minimum Gasteiger partial charge on any atom is -0.486 e. The zero-order valence-electron chi connectivity index (χ0n) is 18.0. The van der Waals surface area contributed by atoms with Gasteiger partial charge >= 0.3 is 0 Å². The van der Waals surface area contributed by atoms with Crippen molar-refractivity contribution in [2.75, 3.05) is 19.8 Å². The van der Waals surface area contributed by atoms with Gasteiger partial charge in [-0.1, -0.05) is 41.1 Å². The maximum atomic E-state index is 13.2. The number of amides is 2. The third-order valence-corrected chi connectivity index (χ3v) is 5.75. The lowest BCUT2D eigenvalue weighted by atomic mass is 10.1. The molecular weight excluding hydrogens is 460 g/mol. The van der Waals surface area contributed by atoms with Crippen LogP contribution in [-0.4, -0.2) is 42.5 Å². The monoisotopic (exact) mass is 488 g/mol. The highest BCUT2D eigenvalue weighted by Gasteiger charge is 2.26. The van der Waals surface area contributed by atoms with E-state index in [9.17, 15) is 9.59 Å². The second-order valence-electron chi connectivity index (χ2n) is 7.59. The van der Waals surface area contributed by atoms with Crippen molar-refractivity contribution in [3.63, 3.8) is 0 Å². The van der Waals surface area contributed by atoms with E-state index in [1.807, 2.05) is 49.4 Å². The molecule has 0 bridgehead atoms. The number of hydrogen-bond acceptors (Lipinski definition) is 4. The Labute approximate surface area is 192 Å². The van der Waals surface area contributed by atoms with Crippen molar-refractivity contribution in [1.29, 1.82) is 0 Å². The summed E-state index contributed by atoms with van der Waals surface area (Å²) in [5.74, 6) is 1.26. The fourth-order valence-corrected chi connectivity index (χ4v) is 3.67. The highest BCUT2D eigenvalue weighted by Crippen LogP contribution is 2.31. The lowest BCUT2D eigenvalue weighted by molar-refractivity contribution is -0.140. The Morgan fingerprint density at radius 1 is 1.06 bits per heavy atom. The van der Waals surface area contributed by atoms with Gasteiger partial charge in [0.2, 0.25) is 11.8 Å². The number of nitrogens with zero attached hydrogens (tertiary/aromatic N) is 1. The first-order chi connectivity index (χ1) is 15.0. The van der Waals surface area contributed by atoms with E-state index in [0.29, 0.717) is 39.1 Å². The summed E-state index contributed by atoms with van der Waals surface area (Å²) in [5, 5.41) is 2.90. The quantitative estimate of drug-likeness (QED) is 0.576. The number of carbonyl (C=O) groups excluding carboxylic acids is 2. The topological polar surface area (TPSA) is 67.9 Å². The van der Waals surface area contributed by atoms with Crippen LogP contribution in [0.25, 0.3) is 0 Å². The highest BCUT2D eigenvalue weighted by molar-refractivity contribution is 9.10. The first-order valence-corrected chi connectivity index (χ1v) is 11.5. The van der Waals surface area contributed by atoms with E-state index >= 15 is 0 Å². The molecular formula is C24H29BrN2O4. The first kappa shape index (κ1) is 23.1. The molecule has 2 aromatic carbocycles. The van der Waals surface area contributed by atoms with Crippen LogP contribution in [-0.2, 0) is 22.6 Å². The molecule has 0 spiro atoms. The zero-order chi connectivity index (χ0) is 22.2. The van der Waals surface area contributed by atoms with Gasteiger partial charge in [-0.05, 0) is 55.2 Å². The van der Waals surface area contributed by atoms with E-state index in [4.69, 9.17) is 9.47 Å². The normalized spacial score (nSPS) is 13.4. The molecule has 3 rings (SSSR count). The van der Waals surface area contributed by atoms with Crippen LogP contribution in [0.3, 0.4) is 0 Å². The molecule has 1 aliphatic heterocycles. The molecule has 1 N–H and O–H groups in total. The van der Waals surface area contributed by atoms with Crippen LogP contribution < -0.4 is 14.8 Å². The number of carbonyl (C=O) groups is 2. The molecule has 2 aromatic rings. The first-order valence-electron chi connectivity index (χ1n) is 10.7. The van der Waals surface area contributed by atoms with E-state index in [1.165, 1.54) is 0 Å². The largest absolute Gasteiger partial charge is 0.486 e. The van der Waals surface area contributed by atoms with Crippen molar-refractivity contribution in [1.82, 2.24) is 10.2 Å². The van der Waals surface area contributed by atoms with Gasteiger partial charge in [0.15, 0.2) is 11.5 Å². The molecule has 7 heteroatoms. The van der Waals surface area contributed by atoms with Crippen LogP contribution in [0.1, 0.15) is 37.8 Å². The van der Waals surface area contributed by atoms with Crippen LogP contribution in [0.4, 0.5) is 0 Å². The summed E-state index contributed by atoms with van der Waals surface area (Å²) in [7, 11) is 0. The summed E-state index contributed by atoms with van der Waals surface area (Å²) in [6.07, 6.45) is 1.72. The fourth-order valence-electron chi connectivity index (χ4n) is 3.40. The number of fused-ring (bicyclic) bond motifs is 1. The third kappa shape index (κ3) is 6.47. The van der Waals surface area contributed by atoms with Crippen LogP contribution >= 0.6 is 15.9 Å². The molecule has 0 fully saturated rings. The van der Waals surface area contributed by atoms with E-state index in [1.54, 1.807) is 11.8 Å². The Morgan fingerprint density at radius 3 is 2.45 bits per heavy atom. The SMILES string of the molecule is CCCNC(=O)[C@H](C)N(Cc1ccc(Br)cc1)C(=O)CCc1ccc2c(c1)OCCO2. The zero-order valence-corrected chi connectivity index (χ0v) is 19.6. The van der Waals surface area contributed by atoms with Gasteiger partial charge in [0, 0.05) is 24.0 Å². The van der Waals surface area contributed by atoms with E-state index in [0.717, 1.165) is 33.5 Å². The molecule has 0 aromatic heterocycles. The molecule has 6 nitrogen and oxygen atoms in total. The Hall–Kier alpha value is -2.54. The summed E-state index contributed by atoms with van der Waals surface area (Å²) in [6.45, 7) is 5.85. The summed E-state index contributed by atoms with van der Waals surface area (Å²) < 4.78 is 12.2. The molecule has 0 saturated heterocycles. The number of halogens is 1. The summed E-state index contributed by atoms with van der Waals surface area (Å²) in [6, 6.07) is 13.0.